The van der Waals surface area contributed by atoms with E-state index in [1.807, 2.05) is 37.2 Å². The van der Waals surface area contributed by atoms with Gasteiger partial charge >= 0.3 is 0 Å². The Balaban J connectivity index is 2.68. The van der Waals surface area contributed by atoms with Crippen LogP contribution in [-0.4, -0.2) is 23.1 Å². The van der Waals surface area contributed by atoms with E-state index in [0.29, 0.717) is 0 Å². The summed E-state index contributed by atoms with van der Waals surface area (Å²) in [5.74, 6) is 0.914. The summed E-state index contributed by atoms with van der Waals surface area (Å²) in [6, 6.07) is 6.15. The van der Waals surface area contributed by atoms with Gasteiger partial charge in [0, 0.05) is 25.7 Å². The Hall–Kier alpha value is -1.36. The summed E-state index contributed by atoms with van der Waals surface area (Å²) < 4.78 is 5.07. The molecular formula is C10H14N4S. The highest BCUT2D eigenvalue weighted by atomic mass is 32.2. The highest BCUT2D eigenvalue weighted by molar-refractivity contribution is 7.99. The SMILES string of the molecule is CNc1cccc2c(NSC)nn(C)c12. The van der Waals surface area contributed by atoms with Gasteiger partial charge in [0.05, 0.1) is 11.2 Å². The van der Waals surface area contributed by atoms with Crippen LogP contribution in [0.5, 0.6) is 0 Å². The average Bonchev–Trinajstić information content (AvgIpc) is 2.57. The lowest BCUT2D eigenvalue weighted by molar-refractivity contribution is 0.802. The molecule has 0 unspecified atom stereocenters. The normalized spacial score (nSPS) is 10.6. The van der Waals surface area contributed by atoms with Crippen LogP contribution in [0.2, 0.25) is 0 Å². The van der Waals surface area contributed by atoms with Crippen molar-refractivity contribution in [3.8, 4) is 0 Å². The number of hydrogen-bond acceptors (Lipinski definition) is 4. The summed E-state index contributed by atoms with van der Waals surface area (Å²) in [5.41, 5.74) is 2.22. The third-order valence-electron chi connectivity index (χ3n) is 2.33. The summed E-state index contributed by atoms with van der Waals surface area (Å²) >= 11 is 1.55. The molecule has 0 bridgehead atoms. The topological polar surface area (TPSA) is 41.9 Å². The number of fused-ring (bicyclic) bond motifs is 1. The minimum absolute atomic E-state index is 0.914. The molecule has 5 heteroatoms. The summed E-state index contributed by atoms with van der Waals surface area (Å²) in [7, 11) is 3.87. The Morgan fingerprint density at radius 2 is 2.20 bits per heavy atom. The largest absolute Gasteiger partial charge is 0.386 e. The summed E-state index contributed by atoms with van der Waals surface area (Å²) in [6.07, 6.45) is 1.99. The number of nitrogens with zero attached hydrogens (tertiary/aromatic N) is 2. The van der Waals surface area contributed by atoms with Crippen molar-refractivity contribution in [1.29, 1.82) is 0 Å². The van der Waals surface area contributed by atoms with Gasteiger partial charge in [0.2, 0.25) is 0 Å². The summed E-state index contributed by atoms with van der Waals surface area (Å²) in [5, 5.41) is 8.74. The van der Waals surface area contributed by atoms with Gasteiger partial charge in [0.15, 0.2) is 5.82 Å². The molecule has 2 rings (SSSR count). The van der Waals surface area contributed by atoms with Crippen molar-refractivity contribution >= 4 is 34.4 Å². The third-order valence-corrected chi connectivity index (χ3v) is 2.73. The second kappa shape index (κ2) is 4.02. The number of anilines is 2. The molecule has 2 N–H and O–H groups in total. The maximum atomic E-state index is 4.43. The number of hydrogen-bond donors (Lipinski definition) is 2. The van der Waals surface area contributed by atoms with Crippen LogP contribution < -0.4 is 10.0 Å². The lowest BCUT2D eigenvalue weighted by atomic mass is 10.2. The van der Waals surface area contributed by atoms with Crippen LogP contribution in [0.15, 0.2) is 18.2 Å². The molecule has 0 aliphatic carbocycles. The van der Waals surface area contributed by atoms with Crippen molar-refractivity contribution < 1.29 is 0 Å². The van der Waals surface area contributed by atoms with E-state index < -0.39 is 0 Å². The molecular weight excluding hydrogens is 208 g/mol. The minimum Gasteiger partial charge on any atom is -0.386 e. The number of benzene rings is 1. The second-order valence-electron chi connectivity index (χ2n) is 3.23. The quantitative estimate of drug-likeness (QED) is 0.782. The standard InChI is InChI=1S/C10H14N4S/c1-11-8-6-4-5-7-9(8)14(2)12-10(7)13-15-3/h4-6,11H,1-3H3,(H,12,13). The van der Waals surface area contributed by atoms with Crippen molar-refractivity contribution in [2.75, 3.05) is 23.3 Å². The minimum atomic E-state index is 0.914. The van der Waals surface area contributed by atoms with Gasteiger partial charge in [-0.1, -0.05) is 18.0 Å². The maximum absolute atomic E-state index is 4.43. The number of aryl methyl sites for hydroxylation is 1. The monoisotopic (exact) mass is 222 g/mol. The van der Waals surface area contributed by atoms with E-state index in [-0.39, 0.29) is 0 Å². The van der Waals surface area contributed by atoms with Gasteiger partial charge in [-0.3, -0.25) is 4.68 Å². The summed E-state index contributed by atoms with van der Waals surface area (Å²) in [6.45, 7) is 0. The first-order valence-electron chi connectivity index (χ1n) is 4.70. The zero-order chi connectivity index (χ0) is 10.8. The molecule has 0 amide bonds. The molecule has 0 spiro atoms. The predicted octanol–water partition coefficient (Wildman–Crippen LogP) is 2.30. The fourth-order valence-corrected chi connectivity index (χ4v) is 2.06. The van der Waals surface area contributed by atoms with Gasteiger partial charge in [0.25, 0.3) is 0 Å². The van der Waals surface area contributed by atoms with Crippen LogP contribution in [0.4, 0.5) is 11.5 Å². The third kappa shape index (κ3) is 1.63. The van der Waals surface area contributed by atoms with E-state index in [2.05, 4.69) is 21.2 Å². The molecule has 0 aliphatic rings. The van der Waals surface area contributed by atoms with E-state index in [0.717, 1.165) is 22.4 Å². The van der Waals surface area contributed by atoms with Crippen molar-refractivity contribution in [1.82, 2.24) is 9.78 Å². The lowest BCUT2D eigenvalue weighted by Crippen LogP contribution is -1.95. The Morgan fingerprint density at radius 1 is 1.40 bits per heavy atom. The molecule has 2 aromatic rings. The van der Waals surface area contributed by atoms with Crippen LogP contribution in [-0.2, 0) is 7.05 Å². The Bertz CT molecular complexity index is 477. The molecule has 1 heterocycles. The van der Waals surface area contributed by atoms with Crippen LogP contribution >= 0.6 is 11.9 Å². The van der Waals surface area contributed by atoms with Crippen molar-refractivity contribution in [2.45, 2.75) is 0 Å². The van der Waals surface area contributed by atoms with E-state index in [9.17, 15) is 0 Å². The number of nitrogens with one attached hydrogen (secondary N) is 2. The molecule has 15 heavy (non-hydrogen) atoms. The number of rotatable bonds is 3. The average molecular weight is 222 g/mol. The molecule has 0 saturated carbocycles. The Morgan fingerprint density at radius 3 is 2.87 bits per heavy atom. The van der Waals surface area contributed by atoms with Crippen LogP contribution in [0, 0.1) is 0 Å². The zero-order valence-corrected chi connectivity index (χ0v) is 9.85. The van der Waals surface area contributed by atoms with Crippen LogP contribution in [0.3, 0.4) is 0 Å². The molecule has 0 atom stereocenters. The number of aromatic nitrogens is 2. The first kappa shape index (κ1) is 10.2. The van der Waals surface area contributed by atoms with Gasteiger partial charge in [0.1, 0.15) is 0 Å². The Kier molecular flexibility index (Phi) is 2.73. The molecule has 0 fully saturated rings. The Labute approximate surface area is 93.2 Å². The predicted molar refractivity (Wildman–Crippen MR) is 67.4 cm³/mol. The maximum Gasteiger partial charge on any atom is 0.165 e. The molecule has 4 nitrogen and oxygen atoms in total. The lowest BCUT2D eigenvalue weighted by Gasteiger charge is -2.03. The van der Waals surface area contributed by atoms with E-state index in [1.165, 1.54) is 0 Å². The molecule has 0 radical (unpaired) electrons. The smallest absolute Gasteiger partial charge is 0.165 e. The van der Waals surface area contributed by atoms with Crippen molar-refractivity contribution in [2.24, 2.45) is 7.05 Å². The highest BCUT2D eigenvalue weighted by Crippen LogP contribution is 2.29. The van der Waals surface area contributed by atoms with Gasteiger partial charge in [-0.15, -0.1) is 0 Å². The van der Waals surface area contributed by atoms with Gasteiger partial charge in [-0.2, -0.15) is 5.10 Å². The molecule has 1 aromatic carbocycles. The van der Waals surface area contributed by atoms with E-state index >= 15 is 0 Å². The zero-order valence-electron chi connectivity index (χ0n) is 9.03. The van der Waals surface area contributed by atoms with E-state index in [1.54, 1.807) is 11.9 Å². The first-order valence-corrected chi connectivity index (χ1v) is 5.93. The molecule has 1 aromatic heterocycles. The van der Waals surface area contributed by atoms with Gasteiger partial charge in [-0.05, 0) is 12.1 Å². The van der Waals surface area contributed by atoms with Crippen LogP contribution in [0.1, 0.15) is 0 Å². The summed E-state index contributed by atoms with van der Waals surface area (Å²) in [4.78, 5) is 0. The second-order valence-corrected chi connectivity index (χ2v) is 3.84. The fraction of sp³-hybridized carbons (Fsp3) is 0.300. The van der Waals surface area contributed by atoms with E-state index in [4.69, 9.17) is 0 Å². The molecule has 80 valence electrons. The fourth-order valence-electron chi connectivity index (χ4n) is 1.71. The van der Waals surface area contributed by atoms with Crippen molar-refractivity contribution in [3.05, 3.63) is 18.2 Å². The number of para-hydroxylation sites is 1. The van der Waals surface area contributed by atoms with Crippen molar-refractivity contribution in [3.63, 3.8) is 0 Å². The first-order chi connectivity index (χ1) is 7.27. The van der Waals surface area contributed by atoms with Gasteiger partial charge < -0.3 is 10.0 Å². The molecule has 0 saturated heterocycles. The van der Waals surface area contributed by atoms with Crippen LogP contribution in [0.25, 0.3) is 10.9 Å². The molecule has 0 aliphatic heterocycles. The van der Waals surface area contributed by atoms with Gasteiger partial charge in [-0.25, -0.2) is 0 Å². The highest BCUT2D eigenvalue weighted by Gasteiger charge is 2.10.